The van der Waals surface area contributed by atoms with Crippen LogP contribution in [0.1, 0.15) is 15.9 Å². The number of hydrogen-bond donors (Lipinski definition) is 1. The molecule has 1 aromatic heterocycles. The first kappa shape index (κ1) is 14.6. The SMILES string of the molecule is Cc1ccc(F)c(C(=O)Nc2c(Cl)ncnc2Cl)c1F. The maximum atomic E-state index is 13.8. The van der Waals surface area contributed by atoms with Gasteiger partial charge in [-0.3, -0.25) is 4.79 Å². The molecule has 0 radical (unpaired) electrons. The van der Waals surface area contributed by atoms with E-state index in [1.54, 1.807) is 0 Å². The Morgan fingerprint density at radius 2 is 1.80 bits per heavy atom. The van der Waals surface area contributed by atoms with Crippen LogP contribution in [0.3, 0.4) is 0 Å². The van der Waals surface area contributed by atoms with Gasteiger partial charge < -0.3 is 5.32 Å². The molecule has 0 saturated heterocycles. The summed E-state index contributed by atoms with van der Waals surface area (Å²) >= 11 is 11.5. The van der Waals surface area contributed by atoms with Gasteiger partial charge in [-0.15, -0.1) is 0 Å². The molecule has 2 aromatic rings. The molecular formula is C12H7Cl2F2N3O. The van der Waals surface area contributed by atoms with Crippen molar-refractivity contribution in [1.82, 2.24) is 9.97 Å². The molecule has 1 N–H and O–H groups in total. The van der Waals surface area contributed by atoms with Crippen LogP contribution in [0.5, 0.6) is 0 Å². The third-order valence-corrected chi connectivity index (χ3v) is 3.08. The number of carbonyl (C=O) groups excluding carboxylic acids is 1. The molecule has 1 amide bonds. The van der Waals surface area contributed by atoms with Gasteiger partial charge in [-0.05, 0) is 18.6 Å². The second kappa shape index (κ2) is 5.68. The molecule has 0 aliphatic rings. The molecule has 0 aliphatic carbocycles. The Balaban J connectivity index is 2.41. The summed E-state index contributed by atoms with van der Waals surface area (Å²) in [5.74, 6) is -2.97. The minimum absolute atomic E-state index is 0.110. The normalized spacial score (nSPS) is 10.4. The highest BCUT2D eigenvalue weighted by Gasteiger charge is 2.21. The van der Waals surface area contributed by atoms with E-state index in [9.17, 15) is 13.6 Å². The molecule has 20 heavy (non-hydrogen) atoms. The molecular weight excluding hydrogens is 311 g/mol. The molecule has 0 atom stereocenters. The van der Waals surface area contributed by atoms with Crippen LogP contribution in [0, 0.1) is 18.6 Å². The number of nitrogens with zero attached hydrogens (tertiary/aromatic N) is 2. The number of anilines is 1. The van der Waals surface area contributed by atoms with Gasteiger partial charge in [0.2, 0.25) is 0 Å². The third kappa shape index (κ3) is 2.71. The number of aromatic nitrogens is 2. The Kier molecular flexibility index (Phi) is 4.15. The van der Waals surface area contributed by atoms with Gasteiger partial charge in [0.1, 0.15) is 29.2 Å². The molecule has 2 rings (SSSR count). The second-order valence-corrected chi connectivity index (χ2v) is 4.55. The quantitative estimate of drug-likeness (QED) is 0.861. The molecule has 0 spiro atoms. The number of benzene rings is 1. The van der Waals surface area contributed by atoms with E-state index in [1.807, 2.05) is 0 Å². The smallest absolute Gasteiger partial charge is 0.261 e. The number of amides is 1. The fourth-order valence-corrected chi connectivity index (χ4v) is 1.90. The van der Waals surface area contributed by atoms with Crippen molar-refractivity contribution in [2.24, 2.45) is 0 Å². The van der Waals surface area contributed by atoms with Crippen LogP contribution in [0.4, 0.5) is 14.5 Å². The maximum absolute atomic E-state index is 13.8. The largest absolute Gasteiger partial charge is 0.317 e. The summed E-state index contributed by atoms with van der Waals surface area (Å²) in [6.45, 7) is 1.41. The van der Waals surface area contributed by atoms with Crippen molar-refractivity contribution in [3.63, 3.8) is 0 Å². The van der Waals surface area contributed by atoms with Gasteiger partial charge in [0.05, 0.1) is 0 Å². The van der Waals surface area contributed by atoms with Crippen molar-refractivity contribution in [1.29, 1.82) is 0 Å². The maximum Gasteiger partial charge on any atom is 0.261 e. The molecule has 0 fully saturated rings. The topological polar surface area (TPSA) is 54.9 Å². The van der Waals surface area contributed by atoms with E-state index < -0.39 is 23.1 Å². The van der Waals surface area contributed by atoms with E-state index >= 15 is 0 Å². The van der Waals surface area contributed by atoms with Gasteiger partial charge in [-0.25, -0.2) is 18.7 Å². The first-order chi connectivity index (χ1) is 9.41. The monoisotopic (exact) mass is 317 g/mol. The fraction of sp³-hybridized carbons (Fsp3) is 0.0833. The summed E-state index contributed by atoms with van der Waals surface area (Å²) in [7, 11) is 0. The van der Waals surface area contributed by atoms with Crippen LogP contribution >= 0.6 is 23.2 Å². The van der Waals surface area contributed by atoms with Crippen molar-refractivity contribution >= 4 is 34.8 Å². The lowest BCUT2D eigenvalue weighted by atomic mass is 10.1. The Labute approximate surface area is 122 Å². The van der Waals surface area contributed by atoms with Crippen molar-refractivity contribution in [3.05, 3.63) is 51.5 Å². The molecule has 0 aliphatic heterocycles. The molecule has 104 valence electrons. The fourth-order valence-electron chi connectivity index (χ4n) is 1.49. The minimum atomic E-state index is -1.03. The Morgan fingerprint density at radius 1 is 1.20 bits per heavy atom. The van der Waals surface area contributed by atoms with E-state index in [4.69, 9.17) is 23.2 Å². The standard InChI is InChI=1S/C12H7Cl2F2N3O/c1-5-2-3-6(15)7(8(5)16)12(20)19-9-10(13)17-4-18-11(9)14/h2-4H,1H3,(H,19,20). The predicted octanol–water partition coefficient (Wildman–Crippen LogP) is 3.62. The van der Waals surface area contributed by atoms with E-state index in [0.29, 0.717) is 0 Å². The summed E-state index contributed by atoms with van der Waals surface area (Å²) in [5, 5.41) is 1.93. The number of halogens is 4. The molecule has 0 unspecified atom stereocenters. The first-order valence-corrected chi connectivity index (χ1v) is 6.09. The van der Waals surface area contributed by atoms with Crippen molar-refractivity contribution in [2.45, 2.75) is 6.92 Å². The van der Waals surface area contributed by atoms with Gasteiger partial charge in [-0.2, -0.15) is 0 Å². The van der Waals surface area contributed by atoms with E-state index in [2.05, 4.69) is 15.3 Å². The zero-order valence-electron chi connectivity index (χ0n) is 10.0. The number of nitrogens with one attached hydrogen (secondary N) is 1. The van der Waals surface area contributed by atoms with Gasteiger partial charge >= 0.3 is 0 Å². The van der Waals surface area contributed by atoms with E-state index in [-0.39, 0.29) is 21.6 Å². The van der Waals surface area contributed by atoms with Crippen molar-refractivity contribution in [3.8, 4) is 0 Å². The Morgan fingerprint density at radius 3 is 2.40 bits per heavy atom. The molecule has 1 aromatic carbocycles. The molecule has 0 saturated carbocycles. The van der Waals surface area contributed by atoms with Crippen LogP contribution in [0.25, 0.3) is 0 Å². The number of rotatable bonds is 2. The summed E-state index contributed by atoms with van der Waals surface area (Å²) < 4.78 is 27.4. The highest BCUT2D eigenvalue weighted by molar-refractivity contribution is 6.38. The second-order valence-electron chi connectivity index (χ2n) is 3.84. The van der Waals surface area contributed by atoms with E-state index in [1.165, 1.54) is 13.0 Å². The number of carbonyl (C=O) groups is 1. The molecule has 0 bridgehead atoms. The zero-order chi connectivity index (χ0) is 14.9. The summed E-state index contributed by atoms with van der Waals surface area (Å²) in [6.07, 6.45) is 1.09. The summed E-state index contributed by atoms with van der Waals surface area (Å²) in [4.78, 5) is 19.2. The summed E-state index contributed by atoms with van der Waals surface area (Å²) in [6, 6.07) is 2.23. The van der Waals surface area contributed by atoms with Crippen LogP contribution in [-0.4, -0.2) is 15.9 Å². The van der Waals surface area contributed by atoms with Gasteiger partial charge in [0.15, 0.2) is 10.3 Å². The van der Waals surface area contributed by atoms with Crippen LogP contribution in [-0.2, 0) is 0 Å². The number of aryl methyl sites for hydroxylation is 1. The van der Waals surface area contributed by atoms with Gasteiger partial charge in [0.25, 0.3) is 5.91 Å². The number of hydrogen-bond acceptors (Lipinski definition) is 3. The van der Waals surface area contributed by atoms with Crippen LogP contribution in [0.15, 0.2) is 18.5 Å². The predicted molar refractivity (Wildman–Crippen MR) is 71.1 cm³/mol. The molecule has 4 nitrogen and oxygen atoms in total. The van der Waals surface area contributed by atoms with Crippen molar-refractivity contribution in [2.75, 3.05) is 5.32 Å². The highest BCUT2D eigenvalue weighted by atomic mass is 35.5. The average Bonchev–Trinajstić information content (AvgIpc) is 2.39. The average molecular weight is 318 g/mol. The van der Waals surface area contributed by atoms with E-state index in [0.717, 1.165) is 12.4 Å². The third-order valence-electron chi connectivity index (χ3n) is 2.50. The highest BCUT2D eigenvalue weighted by Crippen LogP contribution is 2.27. The van der Waals surface area contributed by atoms with Gasteiger partial charge in [-0.1, -0.05) is 29.3 Å². The lowest BCUT2D eigenvalue weighted by Gasteiger charge is -2.10. The minimum Gasteiger partial charge on any atom is -0.317 e. The molecule has 8 heteroatoms. The lowest BCUT2D eigenvalue weighted by molar-refractivity contribution is 0.101. The van der Waals surface area contributed by atoms with Crippen molar-refractivity contribution < 1.29 is 13.6 Å². The Hall–Kier alpha value is -1.79. The Bertz CT molecular complexity index is 674. The molecule has 1 heterocycles. The zero-order valence-corrected chi connectivity index (χ0v) is 11.6. The van der Waals surface area contributed by atoms with Crippen LogP contribution in [0.2, 0.25) is 10.3 Å². The lowest BCUT2D eigenvalue weighted by Crippen LogP contribution is -2.17. The first-order valence-electron chi connectivity index (χ1n) is 5.33. The van der Waals surface area contributed by atoms with Crippen LogP contribution < -0.4 is 5.32 Å². The summed E-state index contributed by atoms with van der Waals surface area (Å²) in [5.41, 5.74) is -0.694. The van der Waals surface area contributed by atoms with Gasteiger partial charge in [0, 0.05) is 0 Å².